The first-order valence-electron chi connectivity index (χ1n) is 7.34. The number of aryl methyl sites for hydroxylation is 1. The SMILES string of the molecule is Cl.Cn1cnc(-c2cnc(O[C@@H]3CCNC[C@H]3F)c(C(N)=O)c2)c1. The molecule has 1 aliphatic heterocycles. The molecule has 24 heavy (non-hydrogen) atoms. The summed E-state index contributed by atoms with van der Waals surface area (Å²) in [6.45, 7) is 0.881. The third-order valence-corrected chi connectivity index (χ3v) is 3.73. The highest BCUT2D eigenvalue weighted by atomic mass is 35.5. The van der Waals surface area contributed by atoms with Crippen molar-refractivity contribution in [2.45, 2.75) is 18.7 Å². The van der Waals surface area contributed by atoms with Crippen LogP contribution in [0.1, 0.15) is 16.8 Å². The first-order valence-corrected chi connectivity index (χ1v) is 7.34. The Morgan fingerprint density at radius 2 is 2.29 bits per heavy atom. The maximum atomic E-state index is 13.9. The summed E-state index contributed by atoms with van der Waals surface area (Å²) in [5.74, 6) is -0.610. The molecule has 1 amide bonds. The molecule has 1 aliphatic rings. The number of ether oxygens (including phenoxy) is 1. The molecule has 0 saturated carbocycles. The van der Waals surface area contributed by atoms with E-state index >= 15 is 0 Å². The third kappa shape index (κ3) is 3.82. The van der Waals surface area contributed by atoms with Crippen molar-refractivity contribution in [3.05, 3.63) is 30.4 Å². The summed E-state index contributed by atoms with van der Waals surface area (Å²) in [5.41, 5.74) is 6.85. The maximum absolute atomic E-state index is 13.9. The lowest BCUT2D eigenvalue weighted by atomic mass is 10.1. The van der Waals surface area contributed by atoms with Crippen molar-refractivity contribution in [2.75, 3.05) is 13.1 Å². The molecule has 0 aliphatic carbocycles. The number of primary amides is 1. The molecule has 0 aromatic carbocycles. The Labute approximate surface area is 144 Å². The normalized spacial score (nSPS) is 20.2. The molecule has 9 heteroatoms. The van der Waals surface area contributed by atoms with Crippen LogP contribution in [-0.4, -0.2) is 45.8 Å². The van der Waals surface area contributed by atoms with Crippen LogP contribution in [0.2, 0.25) is 0 Å². The summed E-state index contributed by atoms with van der Waals surface area (Å²) >= 11 is 0. The summed E-state index contributed by atoms with van der Waals surface area (Å²) in [5, 5.41) is 2.94. The average molecular weight is 356 g/mol. The zero-order valence-corrected chi connectivity index (χ0v) is 13.9. The van der Waals surface area contributed by atoms with Gasteiger partial charge in [-0.3, -0.25) is 4.79 Å². The lowest BCUT2D eigenvalue weighted by molar-refractivity contribution is 0.0676. The van der Waals surface area contributed by atoms with Gasteiger partial charge in [0.25, 0.3) is 5.91 Å². The Bertz CT molecular complexity index is 724. The van der Waals surface area contributed by atoms with Gasteiger partial charge in [0, 0.05) is 31.5 Å². The summed E-state index contributed by atoms with van der Waals surface area (Å²) < 4.78 is 21.3. The van der Waals surface area contributed by atoms with Crippen molar-refractivity contribution < 1.29 is 13.9 Å². The number of nitrogens with zero attached hydrogens (tertiary/aromatic N) is 3. The number of piperidine rings is 1. The Kier molecular flexibility index (Phi) is 5.74. The molecule has 2 aromatic heterocycles. The predicted molar refractivity (Wildman–Crippen MR) is 89.0 cm³/mol. The minimum Gasteiger partial charge on any atom is -0.471 e. The fraction of sp³-hybridized carbons (Fsp3) is 0.400. The van der Waals surface area contributed by atoms with E-state index in [2.05, 4.69) is 15.3 Å². The monoisotopic (exact) mass is 355 g/mol. The molecule has 130 valence electrons. The van der Waals surface area contributed by atoms with Crippen LogP contribution in [0.5, 0.6) is 5.88 Å². The molecule has 3 heterocycles. The first kappa shape index (κ1) is 18.2. The largest absolute Gasteiger partial charge is 0.471 e. The van der Waals surface area contributed by atoms with Crippen LogP contribution in [0.25, 0.3) is 11.3 Å². The number of carbonyl (C=O) groups excluding carboxylic acids is 1. The van der Waals surface area contributed by atoms with Crippen molar-refractivity contribution in [1.29, 1.82) is 0 Å². The molecule has 0 bridgehead atoms. The lowest BCUT2D eigenvalue weighted by Gasteiger charge is -2.27. The highest BCUT2D eigenvalue weighted by Gasteiger charge is 2.28. The van der Waals surface area contributed by atoms with Crippen molar-refractivity contribution in [1.82, 2.24) is 19.9 Å². The maximum Gasteiger partial charge on any atom is 0.254 e. The topological polar surface area (TPSA) is 95.1 Å². The lowest BCUT2D eigenvalue weighted by Crippen LogP contribution is -2.44. The number of alkyl halides is 1. The second-order valence-electron chi connectivity index (χ2n) is 5.53. The van der Waals surface area contributed by atoms with Gasteiger partial charge >= 0.3 is 0 Å². The van der Waals surface area contributed by atoms with E-state index in [0.29, 0.717) is 24.2 Å². The summed E-state index contributed by atoms with van der Waals surface area (Å²) in [4.78, 5) is 20.1. The number of nitrogens with two attached hydrogens (primary N) is 1. The summed E-state index contributed by atoms with van der Waals surface area (Å²) in [6, 6.07) is 1.57. The Hall–Kier alpha value is -2.19. The van der Waals surface area contributed by atoms with Gasteiger partial charge in [-0.1, -0.05) is 0 Å². The first-order chi connectivity index (χ1) is 11.0. The van der Waals surface area contributed by atoms with Crippen LogP contribution in [0.4, 0.5) is 4.39 Å². The number of nitrogens with one attached hydrogen (secondary N) is 1. The molecular formula is C15H19ClFN5O2. The second-order valence-corrected chi connectivity index (χ2v) is 5.53. The molecule has 7 nitrogen and oxygen atoms in total. The Balaban J connectivity index is 0.00000208. The van der Waals surface area contributed by atoms with Crippen LogP contribution in [0, 0.1) is 0 Å². The molecule has 0 spiro atoms. The minimum atomic E-state index is -1.15. The van der Waals surface area contributed by atoms with Gasteiger partial charge < -0.3 is 20.4 Å². The number of imidazole rings is 1. The fourth-order valence-corrected chi connectivity index (χ4v) is 2.50. The number of carbonyl (C=O) groups is 1. The van der Waals surface area contributed by atoms with Crippen molar-refractivity contribution in [3.63, 3.8) is 0 Å². The van der Waals surface area contributed by atoms with E-state index in [9.17, 15) is 9.18 Å². The zero-order valence-electron chi connectivity index (χ0n) is 13.1. The van der Waals surface area contributed by atoms with Crippen LogP contribution in [0.3, 0.4) is 0 Å². The van der Waals surface area contributed by atoms with Crippen LogP contribution in [-0.2, 0) is 7.05 Å². The number of hydrogen-bond donors (Lipinski definition) is 2. The van der Waals surface area contributed by atoms with E-state index < -0.39 is 18.2 Å². The predicted octanol–water partition coefficient (Wildman–Crippen LogP) is 1.08. The number of halogens is 2. The van der Waals surface area contributed by atoms with E-state index in [1.54, 1.807) is 29.4 Å². The molecule has 0 radical (unpaired) electrons. The number of rotatable bonds is 4. The van der Waals surface area contributed by atoms with Gasteiger partial charge in [0.2, 0.25) is 5.88 Å². The second kappa shape index (κ2) is 7.59. The van der Waals surface area contributed by atoms with Gasteiger partial charge in [0.05, 0.1) is 12.0 Å². The number of aromatic nitrogens is 3. The fourth-order valence-electron chi connectivity index (χ4n) is 2.50. The third-order valence-electron chi connectivity index (χ3n) is 3.73. The molecule has 1 saturated heterocycles. The van der Waals surface area contributed by atoms with E-state index in [4.69, 9.17) is 10.5 Å². The van der Waals surface area contributed by atoms with Gasteiger partial charge in [-0.05, 0) is 19.0 Å². The van der Waals surface area contributed by atoms with Crippen LogP contribution < -0.4 is 15.8 Å². The molecular weight excluding hydrogens is 337 g/mol. The molecule has 2 aromatic rings. The molecule has 2 atom stereocenters. The standard InChI is InChI=1S/C15H18FN5O2.ClH/c1-21-7-12(20-8-21)9-4-10(14(17)22)15(19-5-9)23-13-2-3-18-6-11(13)16;/h4-5,7-8,11,13,18H,2-3,6H2,1H3,(H2,17,22);1H/t11-,13-;/m1./s1. The van der Waals surface area contributed by atoms with E-state index in [0.717, 1.165) is 0 Å². The number of amides is 1. The van der Waals surface area contributed by atoms with Gasteiger partial charge in [0.1, 0.15) is 17.8 Å². The molecule has 3 N–H and O–H groups in total. The van der Waals surface area contributed by atoms with Crippen LogP contribution in [0.15, 0.2) is 24.8 Å². The van der Waals surface area contributed by atoms with Crippen LogP contribution >= 0.6 is 12.4 Å². The van der Waals surface area contributed by atoms with Gasteiger partial charge in [0.15, 0.2) is 0 Å². The summed E-state index contributed by atoms with van der Waals surface area (Å²) in [7, 11) is 1.84. The molecule has 0 unspecified atom stereocenters. The Morgan fingerprint density at radius 1 is 1.50 bits per heavy atom. The Morgan fingerprint density at radius 3 is 2.92 bits per heavy atom. The van der Waals surface area contributed by atoms with Crippen molar-refractivity contribution in [3.8, 4) is 17.1 Å². The highest BCUT2D eigenvalue weighted by Crippen LogP contribution is 2.25. The average Bonchev–Trinajstić information content (AvgIpc) is 2.96. The minimum absolute atomic E-state index is 0. The molecule has 3 rings (SSSR count). The van der Waals surface area contributed by atoms with Gasteiger partial charge in [-0.15, -0.1) is 12.4 Å². The highest BCUT2D eigenvalue weighted by molar-refractivity contribution is 5.96. The van der Waals surface area contributed by atoms with E-state index in [1.165, 1.54) is 0 Å². The smallest absolute Gasteiger partial charge is 0.254 e. The zero-order chi connectivity index (χ0) is 16.4. The van der Waals surface area contributed by atoms with Gasteiger partial charge in [-0.2, -0.15) is 0 Å². The summed E-state index contributed by atoms with van der Waals surface area (Å²) in [6.07, 6.45) is 3.70. The van der Waals surface area contributed by atoms with Crippen molar-refractivity contribution >= 4 is 18.3 Å². The van der Waals surface area contributed by atoms with E-state index in [1.807, 2.05) is 7.05 Å². The van der Waals surface area contributed by atoms with Gasteiger partial charge in [-0.25, -0.2) is 14.4 Å². The number of hydrogen-bond acceptors (Lipinski definition) is 5. The van der Waals surface area contributed by atoms with Crippen molar-refractivity contribution in [2.24, 2.45) is 12.8 Å². The number of pyridine rings is 1. The molecule has 1 fully saturated rings. The quantitative estimate of drug-likeness (QED) is 0.855. The van der Waals surface area contributed by atoms with E-state index in [-0.39, 0.29) is 30.4 Å².